The van der Waals surface area contributed by atoms with Gasteiger partial charge in [0, 0.05) is 8.95 Å². The maximum absolute atomic E-state index is 5.39. The molecule has 0 aliphatic rings. The molecule has 0 radical (unpaired) electrons. The molecular weight excluding hydrogens is 326 g/mol. The Morgan fingerprint density at radius 2 is 2.07 bits per heavy atom. The van der Waals surface area contributed by atoms with Crippen LogP contribution in [-0.2, 0) is 6.54 Å². The Bertz CT molecular complexity index is 484. The Morgan fingerprint density at radius 3 is 2.67 bits per heavy atom. The van der Waals surface area contributed by atoms with Gasteiger partial charge in [0.05, 0.1) is 12.1 Å². The molecule has 4 nitrogen and oxygen atoms in total. The van der Waals surface area contributed by atoms with Crippen molar-refractivity contribution in [1.29, 1.82) is 0 Å². The highest BCUT2D eigenvalue weighted by molar-refractivity contribution is 9.11. The lowest BCUT2D eigenvalue weighted by molar-refractivity contribution is 0.508. The maximum Gasteiger partial charge on any atom is 0.248 e. The highest BCUT2D eigenvalue weighted by atomic mass is 79.9. The van der Waals surface area contributed by atoms with Gasteiger partial charge in [-0.1, -0.05) is 15.9 Å². The van der Waals surface area contributed by atoms with Gasteiger partial charge in [-0.3, -0.25) is 0 Å². The summed E-state index contributed by atoms with van der Waals surface area (Å²) in [4.78, 5) is 0. The van der Waals surface area contributed by atoms with Gasteiger partial charge in [0.2, 0.25) is 11.8 Å². The first-order chi connectivity index (χ1) is 7.20. The molecule has 1 aromatic carbocycles. The average Bonchev–Trinajstić information content (AvgIpc) is 2.66. The fourth-order valence-corrected chi connectivity index (χ4v) is 2.32. The lowest BCUT2D eigenvalue weighted by Crippen LogP contribution is -1.95. The van der Waals surface area contributed by atoms with Crippen molar-refractivity contribution >= 4 is 31.9 Å². The van der Waals surface area contributed by atoms with E-state index in [1.807, 2.05) is 18.2 Å². The normalized spacial score (nSPS) is 10.6. The second kappa shape index (κ2) is 4.42. The molecule has 2 N–H and O–H groups in total. The molecule has 0 amide bonds. The number of hydrogen-bond donors (Lipinski definition) is 1. The number of hydrogen-bond acceptors (Lipinski definition) is 4. The molecule has 0 aliphatic heterocycles. The van der Waals surface area contributed by atoms with Gasteiger partial charge in [0.1, 0.15) is 0 Å². The molecule has 0 unspecified atom stereocenters. The zero-order valence-corrected chi connectivity index (χ0v) is 10.7. The first-order valence-electron chi connectivity index (χ1n) is 4.18. The molecule has 0 atom stereocenters. The van der Waals surface area contributed by atoms with Gasteiger partial charge in [-0.25, -0.2) is 0 Å². The van der Waals surface area contributed by atoms with E-state index >= 15 is 0 Å². The van der Waals surface area contributed by atoms with Gasteiger partial charge < -0.3 is 10.2 Å². The third kappa shape index (κ3) is 2.27. The quantitative estimate of drug-likeness (QED) is 0.918. The molecule has 0 aliphatic carbocycles. The third-order valence-electron chi connectivity index (χ3n) is 1.80. The summed E-state index contributed by atoms with van der Waals surface area (Å²) in [6, 6.07) is 5.72. The molecule has 0 bridgehead atoms. The first-order valence-corrected chi connectivity index (χ1v) is 5.77. The molecule has 6 heteroatoms. The SMILES string of the molecule is NCc1nnc(-c2ccc(Br)cc2Br)o1. The zero-order valence-electron chi connectivity index (χ0n) is 7.58. The van der Waals surface area contributed by atoms with Crippen molar-refractivity contribution in [2.45, 2.75) is 6.54 Å². The van der Waals surface area contributed by atoms with E-state index < -0.39 is 0 Å². The summed E-state index contributed by atoms with van der Waals surface area (Å²) in [5.41, 5.74) is 6.24. The number of aromatic nitrogens is 2. The highest BCUT2D eigenvalue weighted by Crippen LogP contribution is 2.29. The van der Waals surface area contributed by atoms with Crippen LogP contribution in [0.25, 0.3) is 11.5 Å². The molecule has 2 aromatic rings. The van der Waals surface area contributed by atoms with Crippen molar-refractivity contribution in [2.75, 3.05) is 0 Å². The van der Waals surface area contributed by atoms with Crippen molar-refractivity contribution in [3.8, 4) is 11.5 Å². The van der Waals surface area contributed by atoms with E-state index in [0.29, 0.717) is 11.8 Å². The zero-order chi connectivity index (χ0) is 10.8. The minimum atomic E-state index is 0.251. The Labute approximate surface area is 103 Å². The van der Waals surface area contributed by atoms with Crippen molar-refractivity contribution < 1.29 is 4.42 Å². The van der Waals surface area contributed by atoms with Crippen LogP contribution in [0, 0.1) is 0 Å². The van der Waals surface area contributed by atoms with E-state index in [9.17, 15) is 0 Å². The average molecular weight is 333 g/mol. The minimum Gasteiger partial charge on any atom is -0.419 e. The molecule has 1 heterocycles. The lowest BCUT2D eigenvalue weighted by atomic mass is 10.2. The van der Waals surface area contributed by atoms with E-state index in [2.05, 4.69) is 42.1 Å². The van der Waals surface area contributed by atoms with Gasteiger partial charge in [-0.15, -0.1) is 10.2 Å². The lowest BCUT2D eigenvalue weighted by Gasteiger charge is -1.99. The van der Waals surface area contributed by atoms with Crippen molar-refractivity contribution in [3.05, 3.63) is 33.0 Å². The summed E-state index contributed by atoms with van der Waals surface area (Å²) in [5, 5.41) is 7.71. The fourth-order valence-electron chi connectivity index (χ4n) is 1.11. The smallest absolute Gasteiger partial charge is 0.248 e. The number of rotatable bonds is 2. The predicted octanol–water partition coefficient (Wildman–Crippen LogP) is 2.72. The second-order valence-corrected chi connectivity index (χ2v) is 4.60. The molecule has 78 valence electrons. The number of nitrogens with zero attached hydrogens (tertiary/aromatic N) is 2. The van der Waals surface area contributed by atoms with Crippen LogP contribution >= 0.6 is 31.9 Å². The third-order valence-corrected chi connectivity index (χ3v) is 2.95. The summed E-state index contributed by atoms with van der Waals surface area (Å²) in [6.07, 6.45) is 0. The minimum absolute atomic E-state index is 0.251. The van der Waals surface area contributed by atoms with Gasteiger partial charge in [-0.2, -0.15) is 0 Å². The van der Waals surface area contributed by atoms with Gasteiger partial charge in [-0.05, 0) is 34.1 Å². The maximum atomic E-state index is 5.39. The largest absolute Gasteiger partial charge is 0.419 e. The molecule has 0 saturated carbocycles. The Morgan fingerprint density at radius 1 is 1.27 bits per heavy atom. The van der Waals surface area contributed by atoms with E-state index in [0.717, 1.165) is 14.5 Å². The van der Waals surface area contributed by atoms with Crippen LogP contribution in [0.3, 0.4) is 0 Å². The van der Waals surface area contributed by atoms with Crippen molar-refractivity contribution in [1.82, 2.24) is 10.2 Å². The molecule has 0 spiro atoms. The molecule has 2 rings (SSSR count). The van der Waals surface area contributed by atoms with Crippen LogP contribution in [-0.4, -0.2) is 10.2 Å². The standard InChI is InChI=1S/C9H7Br2N3O/c10-5-1-2-6(7(11)3-5)9-14-13-8(4-12)15-9/h1-3H,4,12H2. The molecule has 15 heavy (non-hydrogen) atoms. The summed E-state index contributed by atoms with van der Waals surface area (Å²) < 4.78 is 7.22. The predicted molar refractivity (Wildman–Crippen MR) is 63.0 cm³/mol. The number of halogens is 2. The summed E-state index contributed by atoms with van der Waals surface area (Å²) in [5.74, 6) is 0.898. The van der Waals surface area contributed by atoms with Gasteiger partial charge >= 0.3 is 0 Å². The van der Waals surface area contributed by atoms with Crippen LogP contribution in [0.4, 0.5) is 0 Å². The molecule has 0 saturated heterocycles. The van der Waals surface area contributed by atoms with Crippen molar-refractivity contribution in [3.63, 3.8) is 0 Å². The van der Waals surface area contributed by atoms with Crippen LogP contribution < -0.4 is 5.73 Å². The monoisotopic (exact) mass is 331 g/mol. The van der Waals surface area contributed by atoms with E-state index in [-0.39, 0.29) is 6.54 Å². The number of nitrogens with two attached hydrogens (primary N) is 1. The Balaban J connectivity index is 2.44. The fraction of sp³-hybridized carbons (Fsp3) is 0.111. The first kappa shape index (κ1) is 10.8. The van der Waals surface area contributed by atoms with E-state index in [1.54, 1.807) is 0 Å². The van der Waals surface area contributed by atoms with E-state index in [4.69, 9.17) is 10.2 Å². The van der Waals surface area contributed by atoms with Crippen LogP contribution in [0.5, 0.6) is 0 Å². The Kier molecular flexibility index (Phi) is 3.18. The molecular formula is C9H7Br2N3O. The van der Waals surface area contributed by atoms with E-state index in [1.165, 1.54) is 0 Å². The summed E-state index contributed by atoms with van der Waals surface area (Å²) in [7, 11) is 0. The van der Waals surface area contributed by atoms with Crippen LogP contribution in [0.1, 0.15) is 5.89 Å². The Hall–Kier alpha value is -0.720. The van der Waals surface area contributed by atoms with Gasteiger partial charge in [0.15, 0.2) is 0 Å². The number of benzene rings is 1. The molecule has 0 fully saturated rings. The van der Waals surface area contributed by atoms with Gasteiger partial charge in [0.25, 0.3) is 0 Å². The van der Waals surface area contributed by atoms with Crippen LogP contribution in [0.15, 0.2) is 31.6 Å². The van der Waals surface area contributed by atoms with Crippen LogP contribution in [0.2, 0.25) is 0 Å². The topological polar surface area (TPSA) is 64.9 Å². The second-order valence-electron chi connectivity index (χ2n) is 2.83. The highest BCUT2D eigenvalue weighted by Gasteiger charge is 2.10. The molecule has 1 aromatic heterocycles. The summed E-state index contributed by atoms with van der Waals surface area (Å²) >= 11 is 6.80. The van der Waals surface area contributed by atoms with Crippen molar-refractivity contribution in [2.24, 2.45) is 5.73 Å². The summed E-state index contributed by atoms with van der Waals surface area (Å²) in [6.45, 7) is 0.251.